The van der Waals surface area contributed by atoms with Crippen molar-refractivity contribution in [2.75, 3.05) is 13.1 Å². The van der Waals surface area contributed by atoms with Crippen LogP contribution in [0.1, 0.15) is 29.6 Å². The smallest absolute Gasteiger partial charge is 0.338 e. The first-order chi connectivity index (χ1) is 8.93. The number of carbonyl (C=O) groups is 1. The zero-order valence-electron chi connectivity index (χ0n) is 10.0. The number of hydrogen-bond donors (Lipinski definition) is 1. The third kappa shape index (κ3) is 2.88. The van der Waals surface area contributed by atoms with Crippen LogP contribution in [0, 0.1) is 0 Å². The van der Waals surface area contributed by atoms with Crippen LogP contribution in [0.5, 0.6) is 0 Å². The first-order valence-electron chi connectivity index (χ1n) is 5.82. The molecule has 2 heterocycles. The van der Waals surface area contributed by atoms with Crippen molar-refractivity contribution in [3.63, 3.8) is 0 Å². The number of aromatic nitrogens is 1. The molecule has 0 saturated carbocycles. The predicted molar refractivity (Wildman–Crippen MR) is 68.8 cm³/mol. The molecule has 1 aliphatic rings. The molecule has 0 radical (unpaired) electrons. The van der Waals surface area contributed by atoms with Gasteiger partial charge in [0, 0.05) is 19.3 Å². The average molecular weight is 305 g/mol. The number of carboxylic acids is 1. The normalized spacial score (nSPS) is 17.3. The molecule has 0 spiro atoms. The Morgan fingerprint density at radius 3 is 2.53 bits per heavy atom. The molecular formula is C11H13ClN2O4S. The van der Waals surface area contributed by atoms with Crippen LogP contribution < -0.4 is 0 Å². The number of halogens is 1. The van der Waals surface area contributed by atoms with Gasteiger partial charge in [-0.25, -0.2) is 18.2 Å². The Morgan fingerprint density at radius 1 is 1.32 bits per heavy atom. The molecule has 104 valence electrons. The number of aromatic carboxylic acids is 1. The summed E-state index contributed by atoms with van der Waals surface area (Å²) >= 11 is 5.63. The SMILES string of the molecule is O=C(O)c1cc(S(=O)(=O)N2CCCCC2)cnc1Cl. The van der Waals surface area contributed by atoms with E-state index in [1.807, 2.05) is 0 Å². The van der Waals surface area contributed by atoms with E-state index in [2.05, 4.69) is 4.98 Å². The van der Waals surface area contributed by atoms with Crippen molar-refractivity contribution in [1.82, 2.24) is 9.29 Å². The topological polar surface area (TPSA) is 87.6 Å². The minimum Gasteiger partial charge on any atom is -0.478 e. The van der Waals surface area contributed by atoms with E-state index in [9.17, 15) is 13.2 Å². The molecule has 1 aromatic rings. The van der Waals surface area contributed by atoms with Gasteiger partial charge in [-0.15, -0.1) is 0 Å². The van der Waals surface area contributed by atoms with Gasteiger partial charge in [0.2, 0.25) is 10.0 Å². The van der Waals surface area contributed by atoms with Crippen LogP contribution in [-0.4, -0.2) is 41.9 Å². The maximum absolute atomic E-state index is 12.3. The van der Waals surface area contributed by atoms with Crippen molar-refractivity contribution < 1.29 is 18.3 Å². The van der Waals surface area contributed by atoms with E-state index in [0.717, 1.165) is 31.5 Å². The third-order valence-corrected chi connectivity index (χ3v) is 5.16. The van der Waals surface area contributed by atoms with Gasteiger partial charge in [0.1, 0.15) is 10.0 Å². The van der Waals surface area contributed by atoms with Gasteiger partial charge >= 0.3 is 5.97 Å². The zero-order valence-corrected chi connectivity index (χ0v) is 11.6. The lowest BCUT2D eigenvalue weighted by molar-refractivity contribution is 0.0696. The van der Waals surface area contributed by atoms with Gasteiger partial charge < -0.3 is 5.11 Å². The van der Waals surface area contributed by atoms with E-state index in [0.29, 0.717) is 13.1 Å². The summed E-state index contributed by atoms with van der Waals surface area (Å²) < 4.78 is 26.0. The molecular weight excluding hydrogens is 292 g/mol. The Hall–Kier alpha value is -1.18. The molecule has 1 aliphatic heterocycles. The number of pyridine rings is 1. The van der Waals surface area contributed by atoms with Crippen molar-refractivity contribution in [1.29, 1.82) is 0 Å². The third-order valence-electron chi connectivity index (χ3n) is 3.00. The van der Waals surface area contributed by atoms with Crippen LogP contribution in [0.4, 0.5) is 0 Å². The highest BCUT2D eigenvalue weighted by atomic mass is 35.5. The lowest BCUT2D eigenvalue weighted by Crippen LogP contribution is -2.35. The highest BCUT2D eigenvalue weighted by Gasteiger charge is 2.27. The first-order valence-corrected chi connectivity index (χ1v) is 7.64. The van der Waals surface area contributed by atoms with Crippen LogP contribution in [-0.2, 0) is 10.0 Å². The van der Waals surface area contributed by atoms with E-state index < -0.39 is 16.0 Å². The van der Waals surface area contributed by atoms with E-state index >= 15 is 0 Å². The highest BCUT2D eigenvalue weighted by molar-refractivity contribution is 7.89. The molecule has 0 aromatic carbocycles. The van der Waals surface area contributed by atoms with E-state index in [1.165, 1.54) is 4.31 Å². The molecule has 0 bridgehead atoms. The summed E-state index contributed by atoms with van der Waals surface area (Å²) in [6.07, 6.45) is 3.72. The van der Waals surface area contributed by atoms with E-state index in [-0.39, 0.29) is 15.6 Å². The van der Waals surface area contributed by atoms with Crippen LogP contribution >= 0.6 is 11.6 Å². The van der Waals surface area contributed by atoms with Crippen molar-refractivity contribution >= 4 is 27.6 Å². The van der Waals surface area contributed by atoms with Crippen molar-refractivity contribution in [2.24, 2.45) is 0 Å². The fourth-order valence-electron chi connectivity index (χ4n) is 1.97. The Labute approximate surface area is 116 Å². The van der Waals surface area contributed by atoms with Crippen LogP contribution in [0.2, 0.25) is 5.15 Å². The molecule has 1 aromatic heterocycles. The molecule has 0 unspecified atom stereocenters. The molecule has 8 heteroatoms. The standard InChI is InChI=1S/C11H13ClN2O4S/c12-10-9(11(15)16)6-8(7-13-10)19(17,18)14-4-2-1-3-5-14/h6-7H,1-5H2,(H,15,16). The van der Waals surface area contributed by atoms with Crippen molar-refractivity contribution in [3.8, 4) is 0 Å². The predicted octanol–water partition coefficient (Wildman–Crippen LogP) is 1.61. The Balaban J connectivity index is 2.40. The quantitative estimate of drug-likeness (QED) is 0.857. The summed E-state index contributed by atoms with van der Waals surface area (Å²) in [4.78, 5) is 14.5. The number of piperidine rings is 1. The fourth-order valence-corrected chi connectivity index (χ4v) is 3.65. The van der Waals surface area contributed by atoms with Crippen LogP contribution in [0.3, 0.4) is 0 Å². The first kappa shape index (κ1) is 14.2. The Morgan fingerprint density at radius 2 is 1.95 bits per heavy atom. The molecule has 0 amide bonds. The Bertz CT molecular complexity index is 597. The van der Waals surface area contributed by atoms with Crippen LogP contribution in [0.25, 0.3) is 0 Å². The summed E-state index contributed by atoms with van der Waals surface area (Å²) in [5.74, 6) is -1.30. The second-order valence-corrected chi connectivity index (χ2v) is 6.58. The second kappa shape index (κ2) is 5.44. The van der Waals surface area contributed by atoms with Gasteiger partial charge in [-0.05, 0) is 18.9 Å². The summed E-state index contributed by atoms with van der Waals surface area (Å²) in [6.45, 7) is 0.904. The summed E-state index contributed by atoms with van der Waals surface area (Å²) in [6, 6.07) is 1.06. The van der Waals surface area contributed by atoms with Gasteiger partial charge in [0.05, 0.1) is 5.56 Å². The molecule has 1 N–H and O–H groups in total. The largest absolute Gasteiger partial charge is 0.478 e. The van der Waals surface area contributed by atoms with E-state index in [4.69, 9.17) is 16.7 Å². The summed E-state index contributed by atoms with van der Waals surface area (Å²) in [5, 5.41) is 8.72. The van der Waals surface area contributed by atoms with Crippen molar-refractivity contribution in [3.05, 3.63) is 23.0 Å². The maximum atomic E-state index is 12.3. The minimum absolute atomic E-state index is 0.129. The van der Waals surface area contributed by atoms with Gasteiger partial charge in [0.25, 0.3) is 0 Å². The summed E-state index contributed by atoms with van der Waals surface area (Å²) in [5.41, 5.74) is -0.306. The lowest BCUT2D eigenvalue weighted by atomic mass is 10.2. The molecule has 6 nitrogen and oxygen atoms in total. The fraction of sp³-hybridized carbons (Fsp3) is 0.455. The number of sulfonamides is 1. The van der Waals surface area contributed by atoms with Gasteiger partial charge in [-0.3, -0.25) is 0 Å². The summed E-state index contributed by atoms with van der Waals surface area (Å²) in [7, 11) is -3.69. The number of rotatable bonds is 3. The molecule has 1 saturated heterocycles. The van der Waals surface area contributed by atoms with Crippen molar-refractivity contribution in [2.45, 2.75) is 24.2 Å². The number of nitrogens with zero attached hydrogens (tertiary/aromatic N) is 2. The van der Waals surface area contributed by atoms with Crippen LogP contribution in [0.15, 0.2) is 17.2 Å². The zero-order chi connectivity index (χ0) is 14.0. The average Bonchev–Trinajstić information content (AvgIpc) is 2.39. The molecule has 2 rings (SSSR count). The number of hydrogen-bond acceptors (Lipinski definition) is 4. The molecule has 19 heavy (non-hydrogen) atoms. The van der Waals surface area contributed by atoms with Gasteiger partial charge in [-0.1, -0.05) is 18.0 Å². The van der Waals surface area contributed by atoms with Gasteiger partial charge in [-0.2, -0.15) is 4.31 Å². The maximum Gasteiger partial charge on any atom is 0.338 e. The second-order valence-electron chi connectivity index (χ2n) is 4.28. The highest BCUT2D eigenvalue weighted by Crippen LogP contribution is 2.23. The molecule has 1 fully saturated rings. The van der Waals surface area contributed by atoms with E-state index in [1.54, 1.807) is 0 Å². The lowest BCUT2D eigenvalue weighted by Gasteiger charge is -2.25. The minimum atomic E-state index is -3.69. The Kier molecular flexibility index (Phi) is 4.07. The monoisotopic (exact) mass is 304 g/mol. The van der Waals surface area contributed by atoms with Gasteiger partial charge in [0.15, 0.2) is 0 Å². The molecule has 0 atom stereocenters. The number of carboxylic acid groups (broad SMARTS) is 1. The molecule has 0 aliphatic carbocycles.